The maximum absolute atomic E-state index is 13.1. The first-order valence-electron chi connectivity index (χ1n) is 6.86. The Morgan fingerprint density at radius 3 is 2.27 bits per heavy atom. The molecule has 22 heavy (non-hydrogen) atoms. The smallest absolute Gasteiger partial charge is 0.265 e. The van der Waals surface area contributed by atoms with E-state index in [1.807, 2.05) is 32.0 Å². The third-order valence-electron chi connectivity index (χ3n) is 3.06. The van der Waals surface area contributed by atoms with E-state index in [0.717, 1.165) is 23.3 Å². The fourth-order valence-electron chi connectivity index (χ4n) is 2.08. The van der Waals surface area contributed by atoms with Crippen molar-refractivity contribution in [2.75, 3.05) is 5.32 Å². The van der Waals surface area contributed by atoms with Gasteiger partial charge in [-0.15, -0.1) is 0 Å². The molecule has 0 aromatic heterocycles. The number of aryl methyl sites for hydroxylation is 2. The fraction of sp³-hybridized carbons (Fsp3) is 0.235. The lowest BCUT2D eigenvalue weighted by Gasteiger charge is -2.15. The first-order chi connectivity index (χ1) is 10.3. The molecule has 1 unspecified atom stereocenters. The van der Waals surface area contributed by atoms with E-state index in [1.54, 1.807) is 6.92 Å². The molecule has 1 atom stereocenters. The normalized spacial score (nSPS) is 11.9. The number of carbonyl (C=O) groups is 1. The second-order valence-corrected chi connectivity index (χ2v) is 5.20. The molecule has 2 aromatic rings. The monoisotopic (exact) mass is 305 g/mol. The molecule has 5 heteroatoms. The van der Waals surface area contributed by atoms with Gasteiger partial charge in [-0.25, -0.2) is 8.78 Å². The van der Waals surface area contributed by atoms with Gasteiger partial charge in [0, 0.05) is 11.8 Å². The Hall–Kier alpha value is -2.43. The molecule has 0 fully saturated rings. The Bertz CT molecular complexity index is 681. The first-order valence-corrected chi connectivity index (χ1v) is 6.86. The van der Waals surface area contributed by atoms with Crippen LogP contribution in [0.2, 0.25) is 0 Å². The van der Waals surface area contributed by atoms with Gasteiger partial charge >= 0.3 is 0 Å². The van der Waals surface area contributed by atoms with Gasteiger partial charge in [0.2, 0.25) is 0 Å². The van der Waals surface area contributed by atoms with E-state index in [4.69, 9.17) is 4.74 Å². The van der Waals surface area contributed by atoms with Gasteiger partial charge in [0.05, 0.1) is 0 Å². The number of ether oxygens (including phenoxy) is 1. The van der Waals surface area contributed by atoms with Crippen molar-refractivity contribution in [3.05, 3.63) is 59.2 Å². The zero-order valence-electron chi connectivity index (χ0n) is 12.6. The number of benzene rings is 2. The summed E-state index contributed by atoms with van der Waals surface area (Å²) >= 11 is 0. The molecule has 0 saturated carbocycles. The highest BCUT2D eigenvalue weighted by Gasteiger charge is 2.16. The molecule has 116 valence electrons. The Morgan fingerprint density at radius 2 is 1.68 bits per heavy atom. The summed E-state index contributed by atoms with van der Waals surface area (Å²) in [5.74, 6) is -1.83. The minimum Gasteiger partial charge on any atom is -0.481 e. The summed E-state index contributed by atoms with van der Waals surface area (Å²) in [4.78, 5) is 12.0. The number of halogens is 2. The van der Waals surface area contributed by atoms with E-state index in [9.17, 15) is 13.6 Å². The average Bonchev–Trinajstić information content (AvgIpc) is 2.41. The van der Waals surface area contributed by atoms with E-state index in [1.165, 1.54) is 6.07 Å². The highest BCUT2D eigenvalue weighted by molar-refractivity contribution is 5.94. The maximum Gasteiger partial charge on any atom is 0.265 e. The SMILES string of the molecule is Cc1cc(C)cc(OC(C)C(=O)Nc2ccc(F)c(F)c2)c1. The van der Waals surface area contributed by atoms with Gasteiger partial charge < -0.3 is 10.1 Å². The van der Waals surface area contributed by atoms with Crippen molar-refractivity contribution in [2.45, 2.75) is 26.9 Å². The summed E-state index contributed by atoms with van der Waals surface area (Å²) < 4.78 is 31.5. The molecule has 2 aromatic carbocycles. The van der Waals surface area contributed by atoms with E-state index < -0.39 is 23.6 Å². The summed E-state index contributed by atoms with van der Waals surface area (Å²) in [5.41, 5.74) is 2.24. The molecule has 1 amide bonds. The van der Waals surface area contributed by atoms with Crippen molar-refractivity contribution in [1.29, 1.82) is 0 Å². The largest absolute Gasteiger partial charge is 0.481 e. The van der Waals surface area contributed by atoms with E-state index in [-0.39, 0.29) is 5.69 Å². The molecule has 0 aliphatic heterocycles. The third-order valence-corrected chi connectivity index (χ3v) is 3.06. The van der Waals surface area contributed by atoms with Crippen molar-refractivity contribution in [2.24, 2.45) is 0 Å². The van der Waals surface area contributed by atoms with Crippen LogP contribution in [0.3, 0.4) is 0 Å². The molecule has 0 radical (unpaired) electrons. The van der Waals surface area contributed by atoms with Gasteiger partial charge in [-0.2, -0.15) is 0 Å². The molecule has 0 aliphatic carbocycles. The van der Waals surface area contributed by atoms with Gasteiger partial charge in [-0.3, -0.25) is 4.79 Å². The maximum atomic E-state index is 13.1. The highest BCUT2D eigenvalue weighted by atomic mass is 19.2. The van der Waals surface area contributed by atoms with Gasteiger partial charge in [-0.05, 0) is 56.2 Å². The molecule has 3 nitrogen and oxygen atoms in total. The number of carbonyl (C=O) groups excluding carboxylic acids is 1. The summed E-state index contributed by atoms with van der Waals surface area (Å²) in [6, 6.07) is 8.83. The molecular formula is C17H17F2NO2. The van der Waals surface area contributed by atoms with Crippen LogP contribution in [0.5, 0.6) is 5.75 Å². The summed E-state index contributed by atoms with van der Waals surface area (Å²) in [5, 5.41) is 2.49. The summed E-state index contributed by atoms with van der Waals surface area (Å²) in [6.45, 7) is 5.46. The third kappa shape index (κ3) is 4.04. The minimum atomic E-state index is -1.01. The Balaban J connectivity index is 2.04. The quantitative estimate of drug-likeness (QED) is 0.927. The predicted molar refractivity (Wildman–Crippen MR) is 81.0 cm³/mol. The number of nitrogens with one attached hydrogen (secondary N) is 1. The second-order valence-electron chi connectivity index (χ2n) is 5.20. The van der Waals surface area contributed by atoms with Crippen LogP contribution in [0.15, 0.2) is 36.4 Å². The molecule has 2 rings (SSSR count). The van der Waals surface area contributed by atoms with E-state index in [2.05, 4.69) is 5.32 Å². The molecule has 0 saturated heterocycles. The minimum absolute atomic E-state index is 0.180. The number of amides is 1. The lowest BCUT2D eigenvalue weighted by molar-refractivity contribution is -0.122. The molecule has 0 bridgehead atoms. The van der Waals surface area contributed by atoms with Gasteiger partial charge in [0.25, 0.3) is 5.91 Å². The van der Waals surface area contributed by atoms with Crippen LogP contribution in [-0.4, -0.2) is 12.0 Å². The Kier molecular flexibility index (Phi) is 4.75. The van der Waals surface area contributed by atoms with Crippen molar-refractivity contribution in [3.63, 3.8) is 0 Å². The number of hydrogen-bond acceptors (Lipinski definition) is 2. The Labute approximate surface area is 127 Å². The van der Waals surface area contributed by atoms with Crippen LogP contribution in [0.4, 0.5) is 14.5 Å². The number of anilines is 1. The summed E-state index contributed by atoms with van der Waals surface area (Å²) in [7, 11) is 0. The van der Waals surface area contributed by atoms with Crippen molar-refractivity contribution < 1.29 is 18.3 Å². The Morgan fingerprint density at radius 1 is 1.05 bits per heavy atom. The van der Waals surface area contributed by atoms with Gasteiger partial charge in [0.1, 0.15) is 5.75 Å². The lowest BCUT2D eigenvalue weighted by atomic mass is 10.1. The summed E-state index contributed by atoms with van der Waals surface area (Å²) in [6.07, 6.45) is -0.769. The topological polar surface area (TPSA) is 38.3 Å². The number of rotatable bonds is 4. The van der Waals surface area contributed by atoms with E-state index >= 15 is 0 Å². The highest BCUT2D eigenvalue weighted by Crippen LogP contribution is 2.18. The first kappa shape index (κ1) is 15.9. The van der Waals surface area contributed by atoms with Gasteiger partial charge in [-0.1, -0.05) is 6.07 Å². The van der Waals surface area contributed by atoms with Crippen LogP contribution >= 0.6 is 0 Å². The van der Waals surface area contributed by atoms with Gasteiger partial charge in [0.15, 0.2) is 17.7 Å². The molecule has 0 spiro atoms. The van der Waals surface area contributed by atoms with Crippen LogP contribution in [0, 0.1) is 25.5 Å². The van der Waals surface area contributed by atoms with Crippen LogP contribution in [0.1, 0.15) is 18.1 Å². The van der Waals surface area contributed by atoms with Crippen molar-refractivity contribution in [3.8, 4) is 5.75 Å². The van der Waals surface area contributed by atoms with Crippen molar-refractivity contribution in [1.82, 2.24) is 0 Å². The fourth-order valence-corrected chi connectivity index (χ4v) is 2.08. The predicted octanol–water partition coefficient (Wildman–Crippen LogP) is 3.99. The van der Waals surface area contributed by atoms with Crippen LogP contribution in [-0.2, 0) is 4.79 Å². The molecular weight excluding hydrogens is 288 g/mol. The second kappa shape index (κ2) is 6.56. The van der Waals surface area contributed by atoms with E-state index in [0.29, 0.717) is 5.75 Å². The number of hydrogen-bond donors (Lipinski definition) is 1. The molecule has 0 heterocycles. The molecule has 0 aliphatic rings. The average molecular weight is 305 g/mol. The molecule has 1 N–H and O–H groups in total. The van der Waals surface area contributed by atoms with Crippen LogP contribution in [0.25, 0.3) is 0 Å². The lowest BCUT2D eigenvalue weighted by Crippen LogP contribution is -2.30. The van der Waals surface area contributed by atoms with Crippen molar-refractivity contribution >= 4 is 11.6 Å². The zero-order chi connectivity index (χ0) is 16.3. The van der Waals surface area contributed by atoms with Crippen LogP contribution < -0.4 is 10.1 Å². The zero-order valence-corrected chi connectivity index (χ0v) is 12.6. The standard InChI is InChI=1S/C17H17F2NO2/c1-10-6-11(2)8-14(7-10)22-12(3)17(21)20-13-4-5-15(18)16(19)9-13/h4-9,12H,1-3H3,(H,20,21).